The summed E-state index contributed by atoms with van der Waals surface area (Å²) in [5.41, 5.74) is 0.319. The van der Waals surface area contributed by atoms with Crippen LogP contribution in [0.15, 0.2) is 16.6 Å². The van der Waals surface area contributed by atoms with Crippen molar-refractivity contribution in [3.8, 4) is 5.75 Å². The molecule has 0 spiro atoms. The normalized spacial score (nSPS) is 22.8. The van der Waals surface area contributed by atoms with Gasteiger partial charge in [0.2, 0.25) is 0 Å². The van der Waals surface area contributed by atoms with Gasteiger partial charge in [0, 0.05) is 19.2 Å². The van der Waals surface area contributed by atoms with Gasteiger partial charge in [-0.3, -0.25) is 0 Å². The molecule has 1 aliphatic heterocycles. The van der Waals surface area contributed by atoms with Crippen molar-refractivity contribution in [2.45, 2.75) is 12.5 Å². The topological polar surface area (TPSA) is 58.6 Å². The predicted octanol–water partition coefficient (Wildman–Crippen LogP) is 2.67. The number of fused-ring (bicyclic) bond motifs is 1. The van der Waals surface area contributed by atoms with Crippen molar-refractivity contribution in [3.05, 3.63) is 27.2 Å². The molecule has 2 rings (SSSR count). The van der Waals surface area contributed by atoms with Crippen LogP contribution in [0.1, 0.15) is 8.30 Å². The molecule has 0 aliphatic carbocycles. The van der Waals surface area contributed by atoms with Crippen molar-refractivity contribution in [3.63, 3.8) is 0 Å². The molecule has 1 atom stereocenters. The van der Waals surface area contributed by atoms with Crippen molar-refractivity contribution >= 4 is 33.6 Å². The Bertz CT molecular complexity index is 512. The zero-order chi connectivity index (χ0) is 13.5. The van der Waals surface area contributed by atoms with Gasteiger partial charge >= 0.3 is 6.09 Å². The summed E-state index contributed by atoms with van der Waals surface area (Å²) in [6.45, 7) is -0.148. The van der Waals surface area contributed by atoms with E-state index in [1.165, 1.54) is 0 Å². The molecule has 1 aromatic rings. The maximum absolute atomic E-state index is 10.4. The summed E-state index contributed by atoms with van der Waals surface area (Å²) < 4.78 is 22.0. The van der Waals surface area contributed by atoms with E-state index < -0.39 is 18.6 Å². The highest BCUT2D eigenvalue weighted by atomic mass is 79.9. The zero-order valence-electron chi connectivity index (χ0n) is 9.96. The van der Waals surface area contributed by atoms with Crippen LogP contribution < -0.4 is 10.1 Å². The van der Waals surface area contributed by atoms with Gasteiger partial charge in [-0.25, -0.2) is 4.79 Å². The molecule has 2 N–H and O–H groups in total. The van der Waals surface area contributed by atoms with E-state index in [9.17, 15) is 4.79 Å². The summed E-state index contributed by atoms with van der Waals surface area (Å²) in [5.74, 6) is 0.266. The minimum Gasteiger partial charge on any atom is -0.486 e. The third kappa shape index (κ3) is 2.41. The smallest absolute Gasteiger partial charge is 0.404 e. The fourth-order valence-electron chi connectivity index (χ4n) is 1.41. The van der Waals surface area contributed by atoms with Crippen molar-refractivity contribution < 1.29 is 17.4 Å². The molecule has 0 fully saturated rings. The summed E-state index contributed by atoms with van der Waals surface area (Å²) >= 11 is 9.20. The molecular formula is C10H9BrClNO3. The number of amides is 1. The number of nitrogens with one attached hydrogen (secondary N) is 1. The van der Waals surface area contributed by atoms with Crippen LogP contribution in [0.3, 0.4) is 0 Å². The van der Waals surface area contributed by atoms with Gasteiger partial charge in [-0.15, -0.1) is 0 Å². The van der Waals surface area contributed by atoms with E-state index in [4.69, 9.17) is 24.2 Å². The second-order valence-corrected chi connectivity index (χ2v) is 4.52. The molecule has 1 amide bonds. The highest BCUT2D eigenvalue weighted by molar-refractivity contribution is 9.10. The monoisotopic (exact) mass is 307 g/mol. The SMILES string of the molecule is [2H]C1([2H])c2cc(Br)cc(Cl)c2OC1CNC(=O)O. The third-order valence-corrected chi connectivity index (χ3v) is 2.76. The molecule has 1 aromatic carbocycles. The van der Waals surface area contributed by atoms with Crippen molar-refractivity contribution in [2.24, 2.45) is 0 Å². The zero-order valence-corrected chi connectivity index (χ0v) is 10.3. The van der Waals surface area contributed by atoms with Gasteiger partial charge in [0.1, 0.15) is 11.9 Å². The number of hydrogen-bond donors (Lipinski definition) is 2. The number of hydrogen-bond acceptors (Lipinski definition) is 2. The van der Waals surface area contributed by atoms with E-state index in [-0.39, 0.29) is 12.3 Å². The first-order valence-electron chi connectivity index (χ1n) is 5.45. The molecule has 1 aliphatic rings. The molecule has 0 bridgehead atoms. The molecule has 0 radical (unpaired) electrons. The minimum atomic E-state index is -1.80. The van der Waals surface area contributed by atoms with Gasteiger partial charge < -0.3 is 15.2 Å². The van der Waals surface area contributed by atoms with Gasteiger partial charge in [0.15, 0.2) is 0 Å². The average molecular weight is 309 g/mol. The van der Waals surface area contributed by atoms with Gasteiger partial charge in [-0.2, -0.15) is 0 Å². The molecule has 0 aromatic heterocycles. The first-order chi connectivity index (χ1) is 8.32. The fraction of sp³-hybridized carbons (Fsp3) is 0.300. The Morgan fingerprint density at radius 1 is 1.81 bits per heavy atom. The Kier molecular flexibility index (Phi) is 2.57. The molecular weight excluding hydrogens is 297 g/mol. The summed E-state index contributed by atoms with van der Waals surface area (Å²) in [4.78, 5) is 10.4. The largest absolute Gasteiger partial charge is 0.486 e. The van der Waals surface area contributed by atoms with Crippen LogP contribution in [-0.2, 0) is 6.37 Å². The van der Waals surface area contributed by atoms with Crippen molar-refractivity contribution in [2.75, 3.05) is 6.54 Å². The van der Waals surface area contributed by atoms with E-state index in [0.29, 0.717) is 15.1 Å². The summed E-state index contributed by atoms with van der Waals surface area (Å²) in [6.07, 6.45) is -3.96. The fourth-order valence-corrected chi connectivity index (χ4v) is 2.26. The molecule has 0 saturated carbocycles. The summed E-state index contributed by atoms with van der Waals surface area (Å²) in [6, 6.07) is 3.19. The predicted molar refractivity (Wildman–Crippen MR) is 63.3 cm³/mol. The lowest BCUT2D eigenvalue weighted by Crippen LogP contribution is -2.33. The molecule has 4 nitrogen and oxygen atoms in total. The lowest BCUT2D eigenvalue weighted by atomic mass is 10.1. The second-order valence-electron chi connectivity index (χ2n) is 3.20. The number of benzene rings is 1. The van der Waals surface area contributed by atoms with E-state index in [1.54, 1.807) is 12.1 Å². The van der Waals surface area contributed by atoms with Crippen LogP contribution in [-0.4, -0.2) is 23.8 Å². The van der Waals surface area contributed by atoms with E-state index in [1.807, 2.05) is 0 Å². The summed E-state index contributed by atoms with van der Waals surface area (Å²) in [5, 5.41) is 10.9. The Morgan fingerprint density at radius 2 is 2.56 bits per heavy atom. The van der Waals surface area contributed by atoms with E-state index in [2.05, 4.69) is 21.2 Å². The molecule has 6 heteroatoms. The highest BCUT2D eigenvalue weighted by Crippen LogP contribution is 2.38. The van der Waals surface area contributed by atoms with Gasteiger partial charge in [0.05, 0.1) is 11.6 Å². The first-order valence-corrected chi connectivity index (χ1v) is 5.62. The van der Waals surface area contributed by atoms with Crippen LogP contribution in [0, 0.1) is 0 Å². The molecule has 1 unspecified atom stereocenters. The van der Waals surface area contributed by atoms with E-state index >= 15 is 0 Å². The Hall–Kier alpha value is -0.940. The van der Waals surface area contributed by atoms with Crippen LogP contribution in [0.2, 0.25) is 5.02 Å². The van der Waals surface area contributed by atoms with E-state index in [0.717, 1.165) is 0 Å². The Labute approximate surface area is 108 Å². The summed E-state index contributed by atoms with van der Waals surface area (Å²) in [7, 11) is 0. The first kappa shape index (κ1) is 9.13. The van der Waals surface area contributed by atoms with Crippen molar-refractivity contribution in [1.82, 2.24) is 5.32 Å². The Balaban J connectivity index is 2.32. The molecule has 16 heavy (non-hydrogen) atoms. The number of carboxylic acid groups (broad SMARTS) is 1. The molecule has 1 heterocycles. The van der Waals surface area contributed by atoms with Crippen LogP contribution in [0.5, 0.6) is 5.75 Å². The standard InChI is InChI=1S/C10H9BrClNO3/c11-6-1-5-2-7(4-13-10(14)15)16-9(5)8(12)3-6/h1,3,7,13H,2,4H2,(H,14,15)/i2D2. The quantitative estimate of drug-likeness (QED) is 0.883. The van der Waals surface area contributed by atoms with Crippen LogP contribution >= 0.6 is 27.5 Å². The lowest BCUT2D eigenvalue weighted by Gasteiger charge is -2.10. The molecule has 86 valence electrons. The van der Waals surface area contributed by atoms with Crippen molar-refractivity contribution in [1.29, 1.82) is 0 Å². The second kappa shape index (κ2) is 4.51. The minimum absolute atomic E-state index is 0.148. The van der Waals surface area contributed by atoms with Gasteiger partial charge in [-0.05, 0) is 12.1 Å². The number of halogens is 2. The van der Waals surface area contributed by atoms with Crippen LogP contribution in [0.4, 0.5) is 4.79 Å². The number of ether oxygens (including phenoxy) is 1. The van der Waals surface area contributed by atoms with Crippen LogP contribution in [0.25, 0.3) is 0 Å². The van der Waals surface area contributed by atoms with Gasteiger partial charge in [-0.1, -0.05) is 27.5 Å². The molecule has 0 saturated heterocycles. The van der Waals surface area contributed by atoms with Gasteiger partial charge in [0.25, 0.3) is 0 Å². The number of carbonyl (C=O) groups is 1. The Morgan fingerprint density at radius 3 is 3.25 bits per heavy atom. The maximum atomic E-state index is 10.4. The number of rotatable bonds is 2. The highest BCUT2D eigenvalue weighted by Gasteiger charge is 2.25. The third-order valence-electron chi connectivity index (χ3n) is 2.02. The average Bonchev–Trinajstić information content (AvgIpc) is 2.49. The lowest BCUT2D eigenvalue weighted by molar-refractivity contribution is 0.181. The maximum Gasteiger partial charge on any atom is 0.404 e.